The predicted molar refractivity (Wildman–Crippen MR) is 109 cm³/mol. The van der Waals surface area contributed by atoms with Gasteiger partial charge in [0.2, 0.25) is 5.95 Å². The molecule has 1 atom stereocenters. The van der Waals surface area contributed by atoms with Crippen LogP contribution in [0.3, 0.4) is 0 Å². The van der Waals surface area contributed by atoms with Crippen LogP contribution in [0, 0.1) is 0 Å². The Kier molecular flexibility index (Phi) is 4.43. The number of halogens is 3. The van der Waals surface area contributed by atoms with Gasteiger partial charge in [0.1, 0.15) is 5.56 Å². The number of hydrogen-bond donors (Lipinski definition) is 3. The first-order valence-electron chi connectivity index (χ1n) is 9.56. The van der Waals surface area contributed by atoms with Crippen LogP contribution in [0.25, 0.3) is 22.2 Å². The fraction of sp³-hybridized carbons (Fsp3) is 0.182. The number of nitrogens with one attached hydrogen (secondary N) is 3. The number of para-hydroxylation sites is 1. The summed E-state index contributed by atoms with van der Waals surface area (Å²) in [5.41, 5.74) is 2.37. The van der Waals surface area contributed by atoms with Crippen molar-refractivity contribution in [3.05, 3.63) is 77.6 Å². The number of rotatable bonds is 3. The minimum atomic E-state index is -4.56. The number of anilines is 1. The standard InChI is InChI=1S/C22H18F3N5/c23-22(24,25)17-11-28-21(29-19-12-26-9-13-5-1-2-6-14(13)19)30-20(17)16-10-27-18-8-4-3-7-15(16)18/h1-8,10-11,19,26-27H,9,12H2,(H,28,29,30)/t19-/m0/s1. The summed E-state index contributed by atoms with van der Waals surface area (Å²) in [6, 6.07) is 15.0. The highest BCUT2D eigenvalue weighted by Gasteiger charge is 2.36. The van der Waals surface area contributed by atoms with Crippen LogP contribution >= 0.6 is 0 Å². The SMILES string of the molecule is FC(F)(F)c1cnc(N[C@H]2CNCc3ccccc32)nc1-c1c[nH]c2ccccc12. The monoisotopic (exact) mass is 409 g/mol. The molecule has 1 aliphatic rings. The van der Waals surface area contributed by atoms with Crippen molar-refractivity contribution >= 4 is 16.9 Å². The molecule has 3 N–H and O–H groups in total. The maximum Gasteiger partial charge on any atom is 0.419 e. The topological polar surface area (TPSA) is 65.6 Å². The van der Waals surface area contributed by atoms with Gasteiger partial charge in [0.15, 0.2) is 0 Å². The molecule has 5 rings (SSSR count). The van der Waals surface area contributed by atoms with Gasteiger partial charge in [0.25, 0.3) is 0 Å². The molecule has 2 aromatic carbocycles. The van der Waals surface area contributed by atoms with Gasteiger partial charge in [-0.05, 0) is 17.2 Å². The van der Waals surface area contributed by atoms with Crippen molar-refractivity contribution in [2.24, 2.45) is 0 Å². The van der Waals surface area contributed by atoms with Gasteiger partial charge >= 0.3 is 6.18 Å². The smallest absolute Gasteiger partial charge is 0.360 e. The van der Waals surface area contributed by atoms with E-state index in [-0.39, 0.29) is 17.7 Å². The lowest BCUT2D eigenvalue weighted by atomic mass is 9.97. The lowest BCUT2D eigenvalue weighted by molar-refractivity contribution is -0.137. The van der Waals surface area contributed by atoms with Crippen LogP contribution in [0.2, 0.25) is 0 Å². The zero-order valence-electron chi connectivity index (χ0n) is 15.8. The second-order valence-electron chi connectivity index (χ2n) is 7.23. The average molecular weight is 409 g/mol. The van der Waals surface area contributed by atoms with E-state index >= 15 is 0 Å². The van der Waals surface area contributed by atoms with E-state index in [0.717, 1.165) is 29.4 Å². The third-order valence-electron chi connectivity index (χ3n) is 5.34. The number of aromatic nitrogens is 3. The normalized spacial score (nSPS) is 16.4. The van der Waals surface area contributed by atoms with Crippen LogP contribution in [-0.2, 0) is 12.7 Å². The molecule has 30 heavy (non-hydrogen) atoms. The van der Waals surface area contributed by atoms with Crippen molar-refractivity contribution in [2.75, 3.05) is 11.9 Å². The number of H-pyrrole nitrogens is 1. The molecule has 0 spiro atoms. The second-order valence-corrected chi connectivity index (χ2v) is 7.23. The van der Waals surface area contributed by atoms with Gasteiger partial charge in [-0.2, -0.15) is 13.2 Å². The van der Waals surface area contributed by atoms with E-state index < -0.39 is 11.7 Å². The molecule has 0 fully saturated rings. The van der Waals surface area contributed by atoms with Crippen LogP contribution in [0.15, 0.2) is 60.9 Å². The lowest BCUT2D eigenvalue weighted by Crippen LogP contribution is -2.32. The lowest BCUT2D eigenvalue weighted by Gasteiger charge is -2.27. The molecule has 0 radical (unpaired) electrons. The molecule has 5 nitrogen and oxygen atoms in total. The maximum absolute atomic E-state index is 13.7. The number of alkyl halides is 3. The summed E-state index contributed by atoms with van der Waals surface area (Å²) in [5, 5.41) is 7.19. The first-order chi connectivity index (χ1) is 14.5. The van der Waals surface area contributed by atoms with E-state index in [1.165, 1.54) is 0 Å². The van der Waals surface area contributed by atoms with Crippen LogP contribution in [0.4, 0.5) is 19.1 Å². The fourth-order valence-corrected chi connectivity index (χ4v) is 3.91. The summed E-state index contributed by atoms with van der Waals surface area (Å²) < 4.78 is 41.1. The Hall–Kier alpha value is -3.39. The van der Waals surface area contributed by atoms with E-state index in [2.05, 4.69) is 25.6 Å². The number of nitrogens with zero attached hydrogens (tertiary/aromatic N) is 2. The molecular weight excluding hydrogens is 391 g/mol. The van der Waals surface area contributed by atoms with E-state index in [1.807, 2.05) is 36.4 Å². The minimum Gasteiger partial charge on any atom is -0.360 e. The number of benzene rings is 2. The highest BCUT2D eigenvalue weighted by atomic mass is 19.4. The summed E-state index contributed by atoms with van der Waals surface area (Å²) in [5.74, 6) is 0.159. The molecule has 1 aliphatic heterocycles. The molecule has 152 valence electrons. The number of aromatic amines is 1. The van der Waals surface area contributed by atoms with Crippen LogP contribution in [0.1, 0.15) is 22.7 Å². The first-order valence-corrected chi connectivity index (χ1v) is 9.56. The Morgan fingerprint density at radius 1 is 1.03 bits per heavy atom. The van der Waals surface area contributed by atoms with Crippen LogP contribution in [0.5, 0.6) is 0 Å². The number of hydrogen-bond acceptors (Lipinski definition) is 4. The highest BCUT2D eigenvalue weighted by molar-refractivity contribution is 5.95. The Bertz CT molecular complexity index is 1210. The second kappa shape index (κ2) is 7.14. The fourth-order valence-electron chi connectivity index (χ4n) is 3.91. The summed E-state index contributed by atoms with van der Waals surface area (Å²) >= 11 is 0. The quantitative estimate of drug-likeness (QED) is 0.450. The van der Waals surface area contributed by atoms with E-state index in [0.29, 0.717) is 17.5 Å². The Balaban J connectivity index is 1.58. The van der Waals surface area contributed by atoms with Crippen LogP contribution in [-0.4, -0.2) is 21.5 Å². The zero-order chi connectivity index (χ0) is 20.7. The molecular formula is C22H18F3N5. The molecule has 0 amide bonds. The van der Waals surface area contributed by atoms with Gasteiger partial charge in [-0.25, -0.2) is 9.97 Å². The number of fused-ring (bicyclic) bond motifs is 2. The molecule has 0 unspecified atom stereocenters. The van der Waals surface area contributed by atoms with Gasteiger partial charge in [-0.3, -0.25) is 0 Å². The van der Waals surface area contributed by atoms with Crippen molar-refractivity contribution < 1.29 is 13.2 Å². The van der Waals surface area contributed by atoms with Gasteiger partial charge in [-0.1, -0.05) is 42.5 Å². The molecule has 3 heterocycles. The van der Waals surface area contributed by atoms with Crippen molar-refractivity contribution in [1.29, 1.82) is 0 Å². The third kappa shape index (κ3) is 3.29. The molecule has 0 aliphatic carbocycles. The molecule has 8 heteroatoms. The van der Waals surface area contributed by atoms with Gasteiger partial charge in [0, 0.05) is 41.9 Å². The van der Waals surface area contributed by atoms with Crippen molar-refractivity contribution in [1.82, 2.24) is 20.3 Å². The van der Waals surface area contributed by atoms with Gasteiger partial charge in [-0.15, -0.1) is 0 Å². The Morgan fingerprint density at radius 3 is 2.70 bits per heavy atom. The average Bonchev–Trinajstić information content (AvgIpc) is 3.17. The molecule has 0 bridgehead atoms. The third-order valence-corrected chi connectivity index (χ3v) is 5.34. The van der Waals surface area contributed by atoms with E-state index in [4.69, 9.17) is 0 Å². The van der Waals surface area contributed by atoms with Gasteiger partial charge < -0.3 is 15.6 Å². The van der Waals surface area contributed by atoms with Crippen molar-refractivity contribution in [3.63, 3.8) is 0 Å². The van der Waals surface area contributed by atoms with Gasteiger partial charge in [0.05, 0.1) is 11.7 Å². The summed E-state index contributed by atoms with van der Waals surface area (Å²) in [6.07, 6.45) is -2.15. The first kappa shape index (κ1) is 18.6. The summed E-state index contributed by atoms with van der Waals surface area (Å²) in [6.45, 7) is 1.38. The summed E-state index contributed by atoms with van der Waals surface area (Å²) in [4.78, 5) is 11.3. The Morgan fingerprint density at radius 2 is 1.83 bits per heavy atom. The molecule has 2 aromatic heterocycles. The molecule has 0 saturated carbocycles. The maximum atomic E-state index is 13.7. The Labute approximate surface area is 170 Å². The minimum absolute atomic E-state index is 0.137. The van der Waals surface area contributed by atoms with Crippen molar-refractivity contribution in [2.45, 2.75) is 18.8 Å². The molecule has 4 aromatic rings. The largest absolute Gasteiger partial charge is 0.419 e. The predicted octanol–water partition coefficient (Wildman–Crippen LogP) is 4.90. The van der Waals surface area contributed by atoms with Crippen LogP contribution < -0.4 is 10.6 Å². The van der Waals surface area contributed by atoms with E-state index in [1.54, 1.807) is 18.3 Å². The van der Waals surface area contributed by atoms with Crippen molar-refractivity contribution in [3.8, 4) is 11.3 Å². The van der Waals surface area contributed by atoms with E-state index in [9.17, 15) is 13.2 Å². The summed E-state index contributed by atoms with van der Waals surface area (Å²) in [7, 11) is 0. The molecule has 0 saturated heterocycles. The zero-order valence-corrected chi connectivity index (χ0v) is 15.8. The highest BCUT2D eigenvalue weighted by Crippen LogP contribution is 2.39.